The van der Waals surface area contributed by atoms with Crippen LogP contribution in [0, 0.1) is 5.92 Å². The summed E-state index contributed by atoms with van der Waals surface area (Å²) in [5.41, 5.74) is 15.0. The molecule has 9 aromatic rings. The van der Waals surface area contributed by atoms with Crippen LogP contribution in [0.25, 0.3) is 50.8 Å². The maximum absolute atomic E-state index is 5.48. The average molecular weight is 822 g/mol. The van der Waals surface area contributed by atoms with Gasteiger partial charge in [0.05, 0.1) is 27.8 Å². The lowest BCUT2D eigenvalue weighted by molar-refractivity contribution is 0.692. The molecule has 3 aliphatic carbocycles. The second kappa shape index (κ2) is 14.3. The van der Waals surface area contributed by atoms with Crippen molar-refractivity contribution in [1.82, 2.24) is 19.5 Å². The van der Waals surface area contributed by atoms with E-state index in [2.05, 4.69) is 211 Å². The lowest BCUT2D eigenvalue weighted by atomic mass is 9.57. The highest BCUT2D eigenvalue weighted by Crippen LogP contribution is 2.60. The highest BCUT2D eigenvalue weighted by Gasteiger charge is 2.50. The van der Waals surface area contributed by atoms with Crippen LogP contribution in [0.1, 0.15) is 59.0 Å². The summed E-state index contributed by atoms with van der Waals surface area (Å²) in [4.78, 5) is 18.6. The molecule has 5 nitrogen and oxygen atoms in total. The Balaban J connectivity index is 1.11. The summed E-state index contributed by atoms with van der Waals surface area (Å²) in [5, 5.41) is 4.75. The molecule has 1 unspecified atom stereocenters. The number of benzene rings is 7. The molecule has 0 fully saturated rings. The van der Waals surface area contributed by atoms with Gasteiger partial charge in [0.25, 0.3) is 0 Å². The molecule has 0 bridgehead atoms. The van der Waals surface area contributed by atoms with Crippen molar-refractivity contribution >= 4 is 44.8 Å². The van der Waals surface area contributed by atoms with Gasteiger partial charge in [-0.05, 0) is 111 Å². The van der Waals surface area contributed by atoms with Crippen molar-refractivity contribution in [3.8, 4) is 17.3 Å². The molecule has 64 heavy (non-hydrogen) atoms. The topological polar surface area (TPSA) is 46.8 Å². The standard InChI is InChI=1S/C59H43N5/c1-38-33-40-21-9-11-25-44(40)47(34-38)57-60-56(39-19-5-4-6-20-39)61-58(62-57)64-52-30-16-12-26-45(52)46-37-51-42(36-55(46)64)35-41-22-10-13-27-48(41)59(51)49-28-14-17-31-53(49)63(43-23-7-2-3-8-24-43)54-32-18-15-29-50(54)59/h2,4-33,36-38H,3,34-35H2,1H3. The summed E-state index contributed by atoms with van der Waals surface area (Å²) in [7, 11) is 0. The van der Waals surface area contributed by atoms with Gasteiger partial charge in [-0.15, -0.1) is 0 Å². The summed E-state index contributed by atoms with van der Waals surface area (Å²) in [6.45, 7) is 2.28. The minimum atomic E-state index is -0.588. The van der Waals surface area contributed by atoms with Crippen LogP contribution in [-0.2, 0) is 11.8 Å². The van der Waals surface area contributed by atoms with Crippen molar-refractivity contribution in [3.63, 3.8) is 0 Å². The zero-order valence-corrected chi connectivity index (χ0v) is 35.5. The molecule has 0 amide bonds. The molecule has 3 heterocycles. The van der Waals surface area contributed by atoms with Gasteiger partial charge in [0, 0.05) is 27.6 Å². The molecule has 1 aliphatic heterocycles. The highest BCUT2D eigenvalue weighted by atomic mass is 15.2. The molecule has 13 rings (SSSR count). The molecule has 7 aromatic carbocycles. The molecular weight excluding hydrogens is 779 g/mol. The molecule has 1 atom stereocenters. The van der Waals surface area contributed by atoms with E-state index in [1.165, 1.54) is 60.6 Å². The minimum absolute atomic E-state index is 0.347. The summed E-state index contributed by atoms with van der Waals surface area (Å²) in [6.07, 6.45) is 16.1. The second-order valence-electron chi connectivity index (χ2n) is 17.6. The van der Waals surface area contributed by atoms with Crippen molar-refractivity contribution in [2.45, 2.75) is 31.6 Å². The van der Waals surface area contributed by atoms with Gasteiger partial charge >= 0.3 is 0 Å². The number of rotatable bonds is 4. The SMILES string of the molecule is CC1C=c2ccccc2=C(c2nc(-c3ccccc3)nc(-n3c4ccccc4c4cc5c(cc43)Cc3ccccc3C53c4ccccc4N(C4=CC=CCC=C4)c4ccccc43)n2)C1. The summed E-state index contributed by atoms with van der Waals surface area (Å²) in [5.74, 6) is 2.36. The third kappa shape index (κ3) is 5.40. The number of nitrogens with zero attached hydrogens (tertiary/aromatic N) is 5. The van der Waals surface area contributed by atoms with E-state index in [0.29, 0.717) is 17.7 Å². The van der Waals surface area contributed by atoms with E-state index < -0.39 is 5.41 Å². The molecule has 0 radical (unpaired) electrons. The molecular formula is C59H43N5. The Morgan fingerprint density at radius 3 is 2.12 bits per heavy atom. The third-order valence-corrected chi connectivity index (χ3v) is 13.8. The van der Waals surface area contributed by atoms with Crippen LogP contribution in [0.15, 0.2) is 200 Å². The van der Waals surface area contributed by atoms with Gasteiger partial charge in [0.2, 0.25) is 5.95 Å². The predicted molar refractivity (Wildman–Crippen MR) is 260 cm³/mol. The van der Waals surface area contributed by atoms with Crippen LogP contribution in [0.2, 0.25) is 0 Å². The fourth-order valence-electron chi connectivity index (χ4n) is 11.2. The van der Waals surface area contributed by atoms with Crippen molar-refractivity contribution in [2.75, 3.05) is 4.90 Å². The van der Waals surface area contributed by atoms with Crippen molar-refractivity contribution in [1.29, 1.82) is 0 Å². The zero-order chi connectivity index (χ0) is 42.4. The lowest BCUT2D eigenvalue weighted by Crippen LogP contribution is -2.41. The van der Waals surface area contributed by atoms with E-state index in [9.17, 15) is 0 Å². The first-order valence-electron chi connectivity index (χ1n) is 22.4. The molecule has 5 heteroatoms. The molecule has 0 saturated heterocycles. The maximum atomic E-state index is 5.48. The van der Waals surface area contributed by atoms with Gasteiger partial charge in [-0.1, -0.05) is 165 Å². The number of hydrogen-bond acceptors (Lipinski definition) is 4. The van der Waals surface area contributed by atoms with Gasteiger partial charge in [-0.25, -0.2) is 4.98 Å². The predicted octanol–water partition coefficient (Wildman–Crippen LogP) is 11.8. The first kappa shape index (κ1) is 36.7. The Morgan fingerprint density at radius 2 is 1.28 bits per heavy atom. The van der Waals surface area contributed by atoms with Crippen molar-refractivity contribution in [2.24, 2.45) is 5.92 Å². The van der Waals surface area contributed by atoms with E-state index >= 15 is 0 Å². The quantitative estimate of drug-likeness (QED) is 0.177. The highest BCUT2D eigenvalue weighted by molar-refractivity contribution is 6.10. The number of anilines is 2. The normalized spacial score (nSPS) is 16.6. The first-order chi connectivity index (χ1) is 31.6. The van der Waals surface area contributed by atoms with E-state index in [1.54, 1.807) is 0 Å². The Labute approximate surface area is 372 Å². The van der Waals surface area contributed by atoms with Gasteiger partial charge < -0.3 is 4.90 Å². The summed E-state index contributed by atoms with van der Waals surface area (Å²) >= 11 is 0. The minimum Gasteiger partial charge on any atom is -0.310 e. The van der Waals surface area contributed by atoms with E-state index in [-0.39, 0.29) is 0 Å². The number of hydrogen-bond donors (Lipinski definition) is 0. The average Bonchev–Trinajstić information content (AvgIpc) is 3.44. The van der Waals surface area contributed by atoms with Gasteiger partial charge in [-0.3, -0.25) is 4.57 Å². The van der Waals surface area contributed by atoms with E-state index in [0.717, 1.165) is 58.3 Å². The smallest absolute Gasteiger partial charge is 0.238 e. The monoisotopic (exact) mass is 821 g/mol. The fourth-order valence-corrected chi connectivity index (χ4v) is 11.2. The van der Waals surface area contributed by atoms with Gasteiger partial charge in [-0.2, -0.15) is 9.97 Å². The number of fused-ring (bicyclic) bond motifs is 12. The molecule has 2 aromatic heterocycles. The Morgan fingerprint density at radius 1 is 0.578 bits per heavy atom. The van der Waals surface area contributed by atoms with Crippen molar-refractivity contribution < 1.29 is 0 Å². The Bertz CT molecular complexity index is 3580. The first-order valence-corrected chi connectivity index (χ1v) is 22.4. The number of para-hydroxylation sites is 3. The Kier molecular flexibility index (Phi) is 8.23. The number of aromatic nitrogens is 4. The van der Waals surface area contributed by atoms with Crippen LogP contribution in [0.4, 0.5) is 11.4 Å². The van der Waals surface area contributed by atoms with Crippen molar-refractivity contribution in [3.05, 3.63) is 250 Å². The zero-order valence-electron chi connectivity index (χ0n) is 35.5. The molecule has 0 saturated carbocycles. The van der Waals surface area contributed by atoms with Crippen LogP contribution in [-0.4, -0.2) is 19.5 Å². The van der Waals surface area contributed by atoms with E-state index in [4.69, 9.17) is 15.0 Å². The second-order valence-corrected chi connectivity index (χ2v) is 17.6. The summed E-state index contributed by atoms with van der Waals surface area (Å²) < 4.78 is 2.30. The maximum Gasteiger partial charge on any atom is 0.238 e. The molecule has 304 valence electrons. The largest absolute Gasteiger partial charge is 0.310 e. The molecule has 4 aliphatic rings. The van der Waals surface area contributed by atoms with Crippen LogP contribution < -0.4 is 15.3 Å². The fraction of sp³-hybridized carbons (Fsp3) is 0.102. The van der Waals surface area contributed by atoms with Gasteiger partial charge in [0.15, 0.2) is 11.6 Å². The third-order valence-electron chi connectivity index (χ3n) is 13.8. The van der Waals surface area contributed by atoms with Crippen LogP contribution in [0.3, 0.4) is 0 Å². The molecule has 0 N–H and O–H groups in total. The lowest BCUT2D eigenvalue weighted by Gasteiger charge is -2.49. The molecule has 1 spiro atoms. The Hall–Kier alpha value is -7.89. The van der Waals surface area contributed by atoms with Gasteiger partial charge in [0.1, 0.15) is 0 Å². The summed E-state index contributed by atoms with van der Waals surface area (Å²) in [6, 6.07) is 60.0. The van der Waals surface area contributed by atoms with E-state index in [1.807, 2.05) is 6.07 Å². The van der Waals surface area contributed by atoms with Crippen LogP contribution in [0.5, 0.6) is 0 Å². The van der Waals surface area contributed by atoms with Crippen LogP contribution >= 0.6 is 0 Å². The number of allylic oxidation sites excluding steroid dienone is 5.